The second kappa shape index (κ2) is 5.43. The van der Waals surface area contributed by atoms with E-state index in [-0.39, 0.29) is 13.1 Å². The molecular formula is C11H19N2O5-. The molecule has 0 aliphatic carbocycles. The number of ether oxygens (including phenoxy) is 1. The van der Waals surface area contributed by atoms with E-state index in [4.69, 9.17) is 4.74 Å². The smallest absolute Gasteiger partial charge is 0.407 e. The summed E-state index contributed by atoms with van der Waals surface area (Å²) in [4.78, 5) is 23.1. The number of hydrogen-bond donors (Lipinski definition) is 2. The van der Waals surface area contributed by atoms with Gasteiger partial charge in [-0.1, -0.05) is 0 Å². The molecule has 1 saturated heterocycles. The van der Waals surface area contributed by atoms with E-state index in [0.29, 0.717) is 6.42 Å². The Hall–Kier alpha value is -1.50. The molecule has 1 rings (SSSR count). The van der Waals surface area contributed by atoms with Gasteiger partial charge in [-0.3, -0.25) is 0 Å². The highest BCUT2D eigenvalue weighted by Crippen LogP contribution is 2.12. The van der Waals surface area contributed by atoms with Crippen molar-refractivity contribution in [2.24, 2.45) is 0 Å². The maximum absolute atomic E-state index is 11.5. The molecule has 7 nitrogen and oxygen atoms in total. The van der Waals surface area contributed by atoms with Crippen LogP contribution < -0.4 is 10.4 Å². The second-order valence-corrected chi connectivity index (χ2v) is 5.32. The van der Waals surface area contributed by atoms with Crippen molar-refractivity contribution in [2.45, 2.75) is 44.9 Å². The van der Waals surface area contributed by atoms with Crippen molar-refractivity contribution in [3.05, 3.63) is 0 Å². The van der Waals surface area contributed by atoms with Gasteiger partial charge in [0.1, 0.15) is 11.7 Å². The summed E-state index contributed by atoms with van der Waals surface area (Å²) in [6.07, 6.45) is -2.56. The second-order valence-electron chi connectivity index (χ2n) is 5.32. The first kappa shape index (κ1) is 14.6. The van der Waals surface area contributed by atoms with Gasteiger partial charge >= 0.3 is 6.09 Å². The fourth-order valence-corrected chi connectivity index (χ4v) is 1.72. The lowest BCUT2D eigenvalue weighted by Crippen LogP contribution is -2.57. The lowest BCUT2D eigenvalue weighted by molar-refractivity contribution is -0.268. The number of rotatable bonds is 1. The van der Waals surface area contributed by atoms with Crippen LogP contribution in [-0.4, -0.2) is 53.0 Å². The summed E-state index contributed by atoms with van der Waals surface area (Å²) in [7, 11) is 0. The Balaban J connectivity index is 2.45. The Morgan fingerprint density at radius 2 is 2.06 bits per heavy atom. The van der Waals surface area contributed by atoms with Crippen molar-refractivity contribution in [3.8, 4) is 0 Å². The zero-order valence-electron chi connectivity index (χ0n) is 10.8. The molecule has 1 aliphatic rings. The van der Waals surface area contributed by atoms with Gasteiger partial charge in [0.05, 0.1) is 12.1 Å². The first-order valence-corrected chi connectivity index (χ1v) is 5.82. The minimum absolute atomic E-state index is 0.0667. The third kappa shape index (κ3) is 4.40. The molecule has 1 heterocycles. The van der Waals surface area contributed by atoms with Crippen LogP contribution in [0.3, 0.4) is 0 Å². The highest BCUT2D eigenvalue weighted by Gasteiger charge is 2.30. The van der Waals surface area contributed by atoms with Crippen LogP contribution in [0.25, 0.3) is 0 Å². The van der Waals surface area contributed by atoms with E-state index in [9.17, 15) is 19.8 Å². The zero-order chi connectivity index (χ0) is 13.9. The van der Waals surface area contributed by atoms with Gasteiger partial charge in [-0.2, -0.15) is 0 Å². The summed E-state index contributed by atoms with van der Waals surface area (Å²) < 4.78 is 5.06. The van der Waals surface area contributed by atoms with Gasteiger partial charge in [-0.05, 0) is 27.2 Å². The third-order valence-electron chi connectivity index (χ3n) is 2.54. The Bertz CT molecular complexity index is 326. The van der Waals surface area contributed by atoms with Gasteiger partial charge in [-0.15, -0.1) is 0 Å². The quantitative estimate of drug-likeness (QED) is 0.647. The number of aliphatic hydroxyl groups excluding tert-OH is 1. The minimum Gasteiger partial charge on any atom is -0.530 e. The van der Waals surface area contributed by atoms with E-state index in [1.165, 1.54) is 0 Å². The van der Waals surface area contributed by atoms with Crippen LogP contribution in [0, 0.1) is 0 Å². The molecule has 0 bridgehead atoms. The van der Waals surface area contributed by atoms with E-state index in [0.717, 1.165) is 4.90 Å². The van der Waals surface area contributed by atoms with Crippen molar-refractivity contribution < 1.29 is 24.5 Å². The summed E-state index contributed by atoms with van der Waals surface area (Å²) in [5.41, 5.74) is -0.610. The topological polar surface area (TPSA) is 102 Å². The number of hydrogen-bond acceptors (Lipinski definition) is 5. The van der Waals surface area contributed by atoms with Crippen LogP contribution in [0.4, 0.5) is 9.59 Å². The fraction of sp³-hybridized carbons (Fsp3) is 0.818. The molecule has 0 spiro atoms. The molecule has 0 saturated carbocycles. The normalized spacial score (nSPS) is 24.6. The number of nitrogens with one attached hydrogen (secondary N) is 1. The van der Waals surface area contributed by atoms with Crippen molar-refractivity contribution in [3.63, 3.8) is 0 Å². The van der Waals surface area contributed by atoms with Crippen LogP contribution in [0.2, 0.25) is 0 Å². The molecule has 2 atom stereocenters. The van der Waals surface area contributed by atoms with Crippen LogP contribution in [0.1, 0.15) is 27.2 Å². The number of carbonyl (C=O) groups excluding carboxylic acids is 2. The number of amides is 2. The number of β-amino-alcohol motifs (C(OH)–C–C–N with tert-alkyl or cyclic N) is 1. The lowest BCUT2D eigenvalue weighted by Gasteiger charge is -2.37. The molecule has 0 radical (unpaired) electrons. The molecule has 0 aromatic heterocycles. The lowest BCUT2D eigenvalue weighted by atomic mass is 10.0. The predicted molar refractivity (Wildman–Crippen MR) is 60.8 cm³/mol. The van der Waals surface area contributed by atoms with Gasteiger partial charge in [0.2, 0.25) is 0 Å². The van der Waals surface area contributed by atoms with Crippen molar-refractivity contribution in [1.82, 2.24) is 10.2 Å². The molecule has 0 aromatic rings. The fourth-order valence-electron chi connectivity index (χ4n) is 1.72. The molecule has 1 aliphatic heterocycles. The van der Waals surface area contributed by atoms with E-state index >= 15 is 0 Å². The molecule has 2 amide bonds. The highest BCUT2D eigenvalue weighted by molar-refractivity contribution is 5.68. The van der Waals surface area contributed by atoms with Crippen LogP contribution in [-0.2, 0) is 4.74 Å². The molecular weight excluding hydrogens is 240 g/mol. The number of carbonyl (C=O) groups is 2. The minimum atomic E-state index is -1.32. The Morgan fingerprint density at radius 1 is 1.44 bits per heavy atom. The highest BCUT2D eigenvalue weighted by atomic mass is 16.6. The van der Waals surface area contributed by atoms with E-state index in [1.54, 1.807) is 20.8 Å². The molecule has 104 valence electrons. The Morgan fingerprint density at radius 3 is 2.50 bits per heavy atom. The summed E-state index contributed by atoms with van der Waals surface area (Å²) in [5.74, 6) is 0. The molecule has 18 heavy (non-hydrogen) atoms. The largest absolute Gasteiger partial charge is 0.530 e. The van der Waals surface area contributed by atoms with Crippen molar-refractivity contribution in [2.75, 3.05) is 13.1 Å². The van der Waals surface area contributed by atoms with Gasteiger partial charge < -0.3 is 30.0 Å². The van der Waals surface area contributed by atoms with Crippen LogP contribution >= 0.6 is 0 Å². The zero-order valence-corrected chi connectivity index (χ0v) is 10.8. The van der Waals surface area contributed by atoms with Crippen molar-refractivity contribution >= 4 is 12.2 Å². The SMILES string of the molecule is CC(C)(C)OC(=O)N[C@@H]1CCN(C(=O)[O-])C[C@H]1O. The van der Waals surface area contributed by atoms with Crippen molar-refractivity contribution in [1.29, 1.82) is 0 Å². The summed E-state index contributed by atoms with van der Waals surface area (Å²) in [5, 5.41) is 22.9. The summed E-state index contributed by atoms with van der Waals surface area (Å²) in [6, 6.07) is -0.504. The third-order valence-corrected chi connectivity index (χ3v) is 2.54. The van der Waals surface area contributed by atoms with Gasteiger partial charge in [0.25, 0.3) is 0 Å². The molecule has 1 fully saturated rings. The van der Waals surface area contributed by atoms with E-state index < -0.39 is 29.9 Å². The first-order chi connectivity index (χ1) is 8.19. The number of aliphatic hydroxyl groups is 1. The number of alkyl carbamates (subject to hydrolysis) is 1. The average molecular weight is 259 g/mol. The number of piperidine rings is 1. The Labute approximate surface area is 106 Å². The molecule has 7 heteroatoms. The van der Waals surface area contributed by atoms with Gasteiger partial charge in [-0.25, -0.2) is 4.79 Å². The molecule has 0 aromatic carbocycles. The maximum Gasteiger partial charge on any atom is 0.407 e. The molecule has 0 unspecified atom stereocenters. The number of carboxylic acid groups (broad SMARTS) is 1. The monoisotopic (exact) mass is 259 g/mol. The van der Waals surface area contributed by atoms with Crippen LogP contribution in [0.5, 0.6) is 0 Å². The van der Waals surface area contributed by atoms with Gasteiger partial charge in [0, 0.05) is 13.1 Å². The Kier molecular flexibility index (Phi) is 4.39. The van der Waals surface area contributed by atoms with E-state index in [1.807, 2.05) is 0 Å². The molecule has 2 N–H and O–H groups in total. The maximum atomic E-state index is 11.5. The number of likely N-dealkylation sites (tertiary alicyclic amines) is 1. The number of nitrogens with zero attached hydrogens (tertiary/aromatic N) is 1. The van der Waals surface area contributed by atoms with Gasteiger partial charge in [0.15, 0.2) is 0 Å². The van der Waals surface area contributed by atoms with Crippen LogP contribution in [0.15, 0.2) is 0 Å². The average Bonchev–Trinajstić information content (AvgIpc) is 2.17. The standard InChI is InChI=1S/C11H20N2O5/c1-11(2,3)18-9(15)12-7-4-5-13(10(16)17)6-8(7)14/h7-8,14H,4-6H2,1-3H3,(H,12,15)(H,16,17)/p-1/t7-,8-/m1/s1. The predicted octanol–water partition coefficient (Wildman–Crippen LogP) is -0.710. The summed E-state index contributed by atoms with van der Waals surface area (Å²) in [6.45, 7) is 5.37. The first-order valence-electron chi connectivity index (χ1n) is 5.82. The summed E-state index contributed by atoms with van der Waals surface area (Å²) >= 11 is 0. The van der Waals surface area contributed by atoms with E-state index in [2.05, 4.69) is 5.32 Å².